The Kier molecular flexibility index (Phi) is 5.13. The Labute approximate surface area is 198 Å². The Morgan fingerprint density at radius 3 is 1.85 bits per heavy atom. The van der Waals surface area contributed by atoms with Crippen molar-refractivity contribution >= 4 is 22.3 Å². The van der Waals surface area contributed by atoms with E-state index >= 15 is 0 Å². The van der Waals surface area contributed by atoms with E-state index in [1.807, 2.05) is 48.8 Å². The highest BCUT2D eigenvalue weighted by Crippen LogP contribution is 2.41. The molecular weight excluding hydrogens is 416 g/mol. The summed E-state index contributed by atoms with van der Waals surface area (Å²) in [6.07, 6.45) is 3.63. The van der Waals surface area contributed by atoms with E-state index in [-0.39, 0.29) is 0 Å². The highest BCUT2D eigenvalue weighted by Gasteiger charge is 2.17. The zero-order chi connectivity index (χ0) is 22.7. The molecule has 0 saturated carbocycles. The fourth-order valence-electron chi connectivity index (χ4n) is 4.32. The number of pyridine rings is 1. The van der Waals surface area contributed by atoms with E-state index in [1.165, 1.54) is 0 Å². The van der Waals surface area contributed by atoms with Crippen molar-refractivity contribution in [3.8, 4) is 33.6 Å². The standard InChI is InChI=1S/C31H22N2O/c1-3-7-24(8-4-1)30-28-16-15-27(21-29(28)34-31(30)25-9-5-2-6-10-25)33-26-13-11-22(12-14-26)23-17-19-32-20-18-23/h1-21,33H. The molecule has 34 heavy (non-hydrogen) atoms. The van der Waals surface area contributed by atoms with Crippen LogP contribution in [0.2, 0.25) is 0 Å². The Bertz CT molecular complexity index is 1540. The van der Waals surface area contributed by atoms with Crippen LogP contribution in [0.1, 0.15) is 0 Å². The molecule has 3 heteroatoms. The zero-order valence-corrected chi connectivity index (χ0v) is 18.5. The number of hydrogen-bond donors (Lipinski definition) is 1. The van der Waals surface area contributed by atoms with Crippen LogP contribution in [0.3, 0.4) is 0 Å². The molecule has 6 rings (SSSR count). The van der Waals surface area contributed by atoms with Crippen LogP contribution >= 0.6 is 0 Å². The van der Waals surface area contributed by atoms with E-state index in [0.717, 1.165) is 55.9 Å². The molecule has 2 aromatic heterocycles. The monoisotopic (exact) mass is 438 g/mol. The minimum Gasteiger partial charge on any atom is -0.455 e. The van der Waals surface area contributed by atoms with E-state index in [9.17, 15) is 0 Å². The van der Waals surface area contributed by atoms with Gasteiger partial charge in [0.1, 0.15) is 11.3 Å². The van der Waals surface area contributed by atoms with E-state index in [4.69, 9.17) is 4.42 Å². The number of rotatable bonds is 5. The highest BCUT2D eigenvalue weighted by molar-refractivity contribution is 6.02. The lowest BCUT2D eigenvalue weighted by Crippen LogP contribution is -1.90. The normalized spacial score (nSPS) is 10.9. The summed E-state index contributed by atoms with van der Waals surface area (Å²) in [5.74, 6) is 0.889. The fourth-order valence-corrected chi connectivity index (χ4v) is 4.32. The van der Waals surface area contributed by atoms with E-state index in [2.05, 4.69) is 89.2 Å². The Hall–Kier alpha value is -4.63. The van der Waals surface area contributed by atoms with Crippen molar-refractivity contribution in [2.75, 3.05) is 5.32 Å². The van der Waals surface area contributed by atoms with Gasteiger partial charge in [-0.25, -0.2) is 0 Å². The van der Waals surface area contributed by atoms with Gasteiger partial charge < -0.3 is 9.73 Å². The van der Waals surface area contributed by atoms with E-state index < -0.39 is 0 Å². The van der Waals surface area contributed by atoms with Crippen molar-refractivity contribution in [2.24, 2.45) is 0 Å². The lowest BCUT2D eigenvalue weighted by molar-refractivity contribution is 0.632. The second kappa shape index (κ2) is 8.72. The Balaban J connectivity index is 1.37. The van der Waals surface area contributed by atoms with Crippen LogP contribution in [0.4, 0.5) is 11.4 Å². The van der Waals surface area contributed by atoms with Crippen LogP contribution in [-0.2, 0) is 0 Å². The molecular formula is C31H22N2O. The summed E-state index contributed by atoms with van der Waals surface area (Å²) in [6.45, 7) is 0. The van der Waals surface area contributed by atoms with Crippen LogP contribution in [-0.4, -0.2) is 4.98 Å². The third-order valence-electron chi connectivity index (χ3n) is 5.98. The molecule has 3 nitrogen and oxygen atoms in total. The molecule has 4 aromatic carbocycles. The van der Waals surface area contributed by atoms with Gasteiger partial charge in [-0.15, -0.1) is 0 Å². The molecule has 0 aliphatic heterocycles. The van der Waals surface area contributed by atoms with Gasteiger partial charge in [-0.05, 0) is 53.1 Å². The summed E-state index contributed by atoms with van der Waals surface area (Å²) in [4.78, 5) is 4.09. The summed E-state index contributed by atoms with van der Waals surface area (Å²) < 4.78 is 6.45. The summed E-state index contributed by atoms with van der Waals surface area (Å²) >= 11 is 0. The van der Waals surface area contributed by atoms with Crippen molar-refractivity contribution in [1.29, 1.82) is 0 Å². The van der Waals surface area contributed by atoms with Crippen LogP contribution in [0, 0.1) is 0 Å². The number of fused-ring (bicyclic) bond motifs is 1. The molecule has 0 fully saturated rings. The lowest BCUT2D eigenvalue weighted by Gasteiger charge is -2.08. The second-order valence-electron chi connectivity index (χ2n) is 8.19. The first-order valence-electron chi connectivity index (χ1n) is 11.3. The molecule has 0 radical (unpaired) electrons. The van der Waals surface area contributed by atoms with Crippen molar-refractivity contribution in [2.45, 2.75) is 0 Å². The topological polar surface area (TPSA) is 38.1 Å². The Morgan fingerprint density at radius 1 is 0.529 bits per heavy atom. The summed E-state index contributed by atoms with van der Waals surface area (Å²) in [5.41, 5.74) is 8.51. The predicted octanol–water partition coefficient (Wildman–Crippen LogP) is 8.57. The highest BCUT2D eigenvalue weighted by atomic mass is 16.3. The van der Waals surface area contributed by atoms with Gasteiger partial charge in [0.15, 0.2) is 0 Å². The van der Waals surface area contributed by atoms with Gasteiger partial charge in [0.2, 0.25) is 0 Å². The molecule has 1 N–H and O–H groups in total. The minimum absolute atomic E-state index is 0.858. The number of nitrogens with zero attached hydrogens (tertiary/aromatic N) is 1. The third-order valence-corrected chi connectivity index (χ3v) is 5.98. The second-order valence-corrected chi connectivity index (χ2v) is 8.19. The summed E-state index contributed by atoms with van der Waals surface area (Å²) in [5, 5.41) is 4.61. The maximum atomic E-state index is 6.45. The van der Waals surface area contributed by atoms with Crippen LogP contribution < -0.4 is 5.32 Å². The average molecular weight is 439 g/mol. The number of benzene rings is 4. The quantitative estimate of drug-likeness (QED) is 0.293. The summed E-state index contributed by atoms with van der Waals surface area (Å²) in [7, 11) is 0. The molecule has 0 atom stereocenters. The SMILES string of the molecule is c1ccc(-c2oc3cc(Nc4ccc(-c5ccncc5)cc4)ccc3c2-c2ccccc2)cc1. The molecule has 0 aliphatic carbocycles. The number of hydrogen-bond acceptors (Lipinski definition) is 3. The van der Waals surface area contributed by atoms with Crippen molar-refractivity contribution < 1.29 is 4.42 Å². The molecule has 0 spiro atoms. The maximum Gasteiger partial charge on any atom is 0.143 e. The van der Waals surface area contributed by atoms with Gasteiger partial charge in [-0.3, -0.25) is 4.98 Å². The minimum atomic E-state index is 0.858. The molecule has 0 amide bonds. The fraction of sp³-hybridized carbons (Fsp3) is 0. The van der Waals surface area contributed by atoms with E-state index in [0.29, 0.717) is 0 Å². The van der Waals surface area contributed by atoms with Gasteiger partial charge in [0.05, 0.1) is 0 Å². The molecule has 6 aromatic rings. The van der Waals surface area contributed by atoms with Crippen LogP contribution in [0.5, 0.6) is 0 Å². The summed E-state index contributed by atoms with van der Waals surface area (Å²) in [6, 6.07) is 39.5. The maximum absolute atomic E-state index is 6.45. The lowest BCUT2D eigenvalue weighted by atomic mass is 9.98. The molecule has 162 valence electrons. The first-order chi connectivity index (χ1) is 16.8. The van der Waals surface area contributed by atoms with Gasteiger partial charge in [0.25, 0.3) is 0 Å². The molecule has 0 bridgehead atoms. The largest absolute Gasteiger partial charge is 0.455 e. The first-order valence-corrected chi connectivity index (χ1v) is 11.3. The first kappa shape index (κ1) is 20.0. The van der Waals surface area contributed by atoms with Gasteiger partial charge in [-0.2, -0.15) is 0 Å². The van der Waals surface area contributed by atoms with Gasteiger partial charge in [-0.1, -0.05) is 72.8 Å². The predicted molar refractivity (Wildman–Crippen MR) is 140 cm³/mol. The van der Waals surface area contributed by atoms with Crippen LogP contribution in [0.15, 0.2) is 132 Å². The molecule has 0 unspecified atom stereocenters. The molecule has 0 saturated heterocycles. The van der Waals surface area contributed by atoms with Crippen molar-refractivity contribution in [3.05, 3.63) is 128 Å². The van der Waals surface area contributed by atoms with Gasteiger partial charge in [0, 0.05) is 46.3 Å². The zero-order valence-electron chi connectivity index (χ0n) is 18.5. The van der Waals surface area contributed by atoms with Crippen molar-refractivity contribution in [3.63, 3.8) is 0 Å². The van der Waals surface area contributed by atoms with E-state index in [1.54, 1.807) is 0 Å². The Morgan fingerprint density at radius 2 is 1.15 bits per heavy atom. The van der Waals surface area contributed by atoms with Crippen LogP contribution in [0.25, 0.3) is 44.5 Å². The number of furan rings is 1. The number of nitrogens with one attached hydrogen (secondary N) is 1. The molecule has 2 heterocycles. The number of aromatic nitrogens is 1. The van der Waals surface area contributed by atoms with Crippen molar-refractivity contribution in [1.82, 2.24) is 4.98 Å². The van der Waals surface area contributed by atoms with Gasteiger partial charge >= 0.3 is 0 Å². The third kappa shape index (κ3) is 3.84. The average Bonchev–Trinajstić information content (AvgIpc) is 3.29. The number of anilines is 2. The molecule has 0 aliphatic rings. The smallest absolute Gasteiger partial charge is 0.143 e.